The van der Waals surface area contributed by atoms with Crippen molar-refractivity contribution in [2.45, 2.75) is 6.61 Å². The second kappa shape index (κ2) is 4.97. The van der Waals surface area contributed by atoms with Gasteiger partial charge in [-0.15, -0.1) is 0 Å². The minimum atomic E-state index is -0.911. The van der Waals surface area contributed by atoms with Crippen molar-refractivity contribution in [3.63, 3.8) is 0 Å². The van der Waals surface area contributed by atoms with Crippen LogP contribution in [0.1, 0.15) is 11.1 Å². The first kappa shape index (κ1) is 12.7. The van der Waals surface area contributed by atoms with Gasteiger partial charge in [0.1, 0.15) is 5.75 Å². The molecule has 0 aromatic heterocycles. The second-order valence-electron chi connectivity index (χ2n) is 4.38. The summed E-state index contributed by atoms with van der Waals surface area (Å²) in [5, 5.41) is 18.2. The summed E-state index contributed by atoms with van der Waals surface area (Å²) in [5.41, 5.74) is 1.74. The summed E-state index contributed by atoms with van der Waals surface area (Å²) in [6.45, 7) is 0.295. The molecule has 0 unspecified atom stereocenters. The average Bonchev–Trinajstić information content (AvgIpc) is 2.82. The smallest absolute Gasteiger partial charge is 0.454 e. The van der Waals surface area contributed by atoms with Crippen LogP contribution in [-0.2, 0) is 11.3 Å². The van der Waals surface area contributed by atoms with Crippen LogP contribution in [-0.4, -0.2) is 12.1 Å². The Labute approximate surface area is 115 Å². The van der Waals surface area contributed by atoms with Crippen LogP contribution in [0, 0.1) is 17.1 Å². The number of nitrogens with zero attached hydrogens (tertiary/aromatic N) is 1. The quantitative estimate of drug-likeness (QED) is 0.843. The molecular weight excluding hydrogens is 260 g/mol. The highest BCUT2D eigenvalue weighted by molar-refractivity contribution is 6.61. The third-order valence-electron chi connectivity index (χ3n) is 3.07. The fourth-order valence-corrected chi connectivity index (χ4v) is 2.05. The van der Waals surface area contributed by atoms with Gasteiger partial charge in [-0.1, -0.05) is 6.07 Å². The van der Waals surface area contributed by atoms with E-state index in [4.69, 9.17) is 14.7 Å². The Morgan fingerprint density at radius 1 is 1.30 bits per heavy atom. The molecule has 2 aromatic carbocycles. The van der Waals surface area contributed by atoms with Crippen LogP contribution in [0.5, 0.6) is 11.5 Å². The van der Waals surface area contributed by atoms with E-state index >= 15 is 0 Å². The fourth-order valence-electron chi connectivity index (χ4n) is 2.05. The Bertz CT molecular complexity index is 714. The van der Waals surface area contributed by atoms with Gasteiger partial charge in [0.05, 0.1) is 18.2 Å². The number of hydrogen-bond acceptors (Lipinski definition) is 4. The van der Waals surface area contributed by atoms with Crippen molar-refractivity contribution in [2.75, 3.05) is 0 Å². The van der Waals surface area contributed by atoms with E-state index in [1.165, 1.54) is 12.1 Å². The highest BCUT2D eigenvalue weighted by Crippen LogP contribution is 2.26. The second-order valence-corrected chi connectivity index (χ2v) is 4.38. The van der Waals surface area contributed by atoms with Crippen LogP contribution < -0.4 is 10.2 Å². The Kier molecular flexibility index (Phi) is 3.14. The van der Waals surface area contributed by atoms with Crippen molar-refractivity contribution in [1.29, 1.82) is 5.26 Å². The highest BCUT2D eigenvalue weighted by Gasteiger charge is 2.27. The maximum absolute atomic E-state index is 13.7. The van der Waals surface area contributed by atoms with Gasteiger partial charge in [0.25, 0.3) is 0 Å². The molecule has 4 nitrogen and oxygen atoms in total. The molecule has 6 heteroatoms. The molecule has 0 radical (unpaired) electrons. The van der Waals surface area contributed by atoms with Crippen LogP contribution in [0.2, 0.25) is 0 Å². The molecule has 20 heavy (non-hydrogen) atoms. The fraction of sp³-hybridized carbons (Fsp3) is 0.0714. The number of fused-ring (bicyclic) bond motifs is 1. The van der Waals surface area contributed by atoms with Crippen LogP contribution in [0.4, 0.5) is 4.39 Å². The number of rotatable bonds is 2. The lowest BCUT2D eigenvalue weighted by molar-refractivity contribution is 0.275. The van der Waals surface area contributed by atoms with E-state index in [1.54, 1.807) is 18.2 Å². The van der Waals surface area contributed by atoms with Gasteiger partial charge < -0.3 is 14.4 Å². The van der Waals surface area contributed by atoms with Gasteiger partial charge in [-0.3, -0.25) is 0 Å². The van der Waals surface area contributed by atoms with Gasteiger partial charge in [-0.2, -0.15) is 5.26 Å². The van der Waals surface area contributed by atoms with Gasteiger partial charge in [-0.25, -0.2) is 4.39 Å². The molecule has 0 saturated heterocycles. The summed E-state index contributed by atoms with van der Waals surface area (Å²) in [6.07, 6.45) is 0. The lowest BCUT2D eigenvalue weighted by atomic mass is 9.80. The van der Waals surface area contributed by atoms with Gasteiger partial charge in [0.2, 0.25) is 0 Å². The minimum absolute atomic E-state index is 0.0448. The van der Waals surface area contributed by atoms with E-state index in [-0.39, 0.29) is 11.3 Å². The monoisotopic (exact) mass is 269 g/mol. The number of ether oxygens (including phenoxy) is 1. The Hall–Kier alpha value is -2.36. The summed E-state index contributed by atoms with van der Waals surface area (Å²) in [7, 11) is -0.911. The Balaban J connectivity index is 1.87. The standard InChI is InChI=1S/C14H9BFNO3/c16-13-5-9(7-17)1-4-14(13)20-11-2-3-12-10(6-11)8-19-15(12)18/h1-6,18H,8H2. The van der Waals surface area contributed by atoms with Gasteiger partial charge in [0, 0.05) is 0 Å². The number of benzene rings is 2. The molecule has 3 rings (SSSR count). The molecule has 0 saturated carbocycles. The average molecular weight is 269 g/mol. The van der Waals surface area contributed by atoms with Crippen LogP contribution in [0.3, 0.4) is 0 Å². The molecule has 0 atom stereocenters. The van der Waals surface area contributed by atoms with Crippen LogP contribution in [0.25, 0.3) is 0 Å². The summed E-state index contributed by atoms with van der Waals surface area (Å²) < 4.78 is 24.2. The number of halogens is 1. The van der Waals surface area contributed by atoms with E-state index in [0.29, 0.717) is 17.8 Å². The van der Waals surface area contributed by atoms with E-state index in [2.05, 4.69) is 0 Å². The molecule has 1 aliphatic heterocycles. The summed E-state index contributed by atoms with van der Waals surface area (Å²) >= 11 is 0. The maximum atomic E-state index is 13.7. The molecule has 0 spiro atoms. The lowest BCUT2D eigenvalue weighted by Crippen LogP contribution is -2.27. The van der Waals surface area contributed by atoms with E-state index in [0.717, 1.165) is 11.6 Å². The lowest BCUT2D eigenvalue weighted by Gasteiger charge is -2.08. The number of nitriles is 1. The molecule has 2 aromatic rings. The van der Waals surface area contributed by atoms with E-state index < -0.39 is 12.9 Å². The van der Waals surface area contributed by atoms with E-state index in [1.807, 2.05) is 6.07 Å². The van der Waals surface area contributed by atoms with Crippen molar-refractivity contribution in [3.05, 3.63) is 53.3 Å². The maximum Gasteiger partial charge on any atom is 0.491 e. The van der Waals surface area contributed by atoms with Crippen molar-refractivity contribution in [1.82, 2.24) is 0 Å². The molecule has 1 aliphatic rings. The van der Waals surface area contributed by atoms with Crippen LogP contribution in [0.15, 0.2) is 36.4 Å². The third kappa shape index (κ3) is 2.25. The van der Waals surface area contributed by atoms with Gasteiger partial charge >= 0.3 is 7.12 Å². The molecule has 1 heterocycles. The van der Waals surface area contributed by atoms with Gasteiger partial charge in [-0.05, 0) is 41.4 Å². The van der Waals surface area contributed by atoms with Crippen molar-refractivity contribution >= 4 is 12.6 Å². The number of hydrogen-bond donors (Lipinski definition) is 1. The third-order valence-corrected chi connectivity index (χ3v) is 3.07. The topological polar surface area (TPSA) is 62.5 Å². The van der Waals surface area contributed by atoms with Crippen molar-refractivity contribution in [3.8, 4) is 17.6 Å². The van der Waals surface area contributed by atoms with Crippen LogP contribution >= 0.6 is 0 Å². The van der Waals surface area contributed by atoms with Gasteiger partial charge in [0.15, 0.2) is 11.6 Å². The molecule has 1 N–H and O–H groups in total. The highest BCUT2D eigenvalue weighted by atomic mass is 19.1. The predicted octanol–water partition coefficient (Wildman–Crippen LogP) is 1.71. The Morgan fingerprint density at radius 2 is 2.15 bits per heavy atom. The first-order valence-corrected chi connectivity index (χ1v) is 5.97. The normalized spacial score (nSPS) is 12.9. The summed E-state index contributed by atoms with van der Waals surface area (Å²) in [6, 6.07) is 10.9. The van der Waals surface area contributed by atoms with Crippen molar-refractivity contribution < 1.29 is 18.8 Å². The summed E-state index contributed by atoms with van der Waals surface area (Å²) in [4.78, 5) is 0. The molecule has 98 valence electrons. The zero-order chi connectivity index (χ0) is 14.1. The largest absolute Gasteiger partial charge is 0.491 e. The van der Waals surface area contributed by atoms with Crippen molar-refractivity contribution in [2.24, 2.45) is 0 Å². The first-order chi connectivity index (χ1) is 9.67. The molecule has 0 amide bonds. The molecular formula is C14H9BFNO3. The zero-order valence-electron chi connectivity index (χ0n) is 10.3. The Morgan fingerprint density at radius 3 is 2.90 bits per heavy atom. The summed E-state index contributed by atoms with van der Waals surface area (Å²) in [5.74, 6) is -0.102. The molecule has 0 fully saturated rings. The minimum Gasteiger partial charge on any atom is -0.454 e. The zero-order valence-corrected chi connectivity index (χ0v) is 10.3. The molecule has 0 aliphatic carbocycles. The predicted molar refractivity (Wildman–Crippen MR) is 70.0 cm³/mol. The van der Waals surface area contributed by atoms with E-state index in [9.17, 15) is 9.41 Å². The SMILES string of the molecule is N#Cc1ccc(Oc2ccc3c(c2)COB3O)c(F)c1. The first-order valence-electron chi connectivity index (χ1n) is 5.97. The molecule has 0 bridgehead atoms.